The number of carbonyl (C=O) groups excluding carboxylic acids is 1. The summed E-state index contributed by atoms with van der Waals surface area (Å²) in [5.74, 6) is 2.14. The molecule has 0 spiro atoms. The minimum atomic E-state index is -0.523. The van der Waals surface area contributed by atoms with Crippen molar-refractivity contribution in [1.82, 2.24) is 15.5 Å². The van der Waals surface area contributed by atoms with Crippen LogP contribution in [0.15, 0.2) is 60.8 Å². The third kappa shape index (κ3) is 15.7. The van der Waals surface area contributed by atoms with Crippen molar-refractivity contribution in [2.24, 2.45) is 0 Å². The van der Waals surface area contributed by atoms with Crippen molar-refractivity contribution in [1.29, 1.82) is 0 Å². The Hall–Kier alpha value is -4.44. The summed E-state index contributed by atoms with van der Waals surface area (Å²) < 4.78 is 49.8. The monoisotopic (exact) mass is 784 g/mol. The molecule has 1 amide bonds. The van der Waals surface area contributed by atoms with Crippen molar-refractivity contribution in [2.45, 2.75) is 32.9 Å². The van der Waals surface area contributed by atoms with Gasteiger partial charge in [-0.3, -0.25) is 0 Å². The minimum absolute atomic E-state index is 0.349. The summed E-state index contributed by atoms with van der Waals surface area (Å²) in [5.41, 5.74) is 3.76. The number of ether oxygens (including phenoxy) is 9. The predicted molar refractivity (Wildman–Crippen MR) is 211 cm³/mol. The van der Waals surface area contributed by atoms with Crippen molar-refractivity contribution < 1.29 is 47.4 Å². The molecule has 0 unspecified atom stereocenters. The standard InChI is InChI=1S/C40H53ClN4O10/c1-40(2,3)55-39(46)42-12-13-49-14-15-50-16-17-51-18-19-52-20-21-53-22-23-54-37-11-8-31(41)25-34(37)29-7-10-33-35(24-29)45-44-28-36(33)43-27-30-6-9-32(47-4)26-38(30)48-5/h6-11,24-26,28H,12-23,27H2,1-5H3,(H,42,46)(H,43,45). The molecular weight excluding hydrogens is 732 g/mol. The normalized spacial score (nSPS) is 11.4. The van der Waals surface area contributed by atoms with Crippen LogP contribution in [0.2, 0.25) is 5.02 Å². The maximum Gasteiger partial charge on any atom is 0.407 e. The summed E-state index contributed by atoms with van der Waals surface area (Å²) in [7, 11) is 3.27. The van der Waals surface area contributed by atoms with E-state index in [0.29, 0.717) is 96.5 Å². The van der Waals surface area contributed by atoms with Crippen LogP contribution in [-0.2, 0) is 35.0 Å². The molecule has 0 aliphatic carbocycles. The molecule has 300 valence electrons. The summed E-state index contributed by atoms with van der Waals surface area (Å²) in [6, 6.07) is 17.2. The molecule has 0 radical (unpaired) electrons. The number of amides is 1. The summed E-state index contributed by atoms with van der Waals surface area (Å²) in [6.07, 6.45) is 1.25. The first-order chi connectivity index (χ1) is 26.7. The van der Waals surface area contributed by atoms with Crippen LogP contribution in [0.25, 0.3) is 22.0 Å². The number of benzene rings is 3. The van der Waals surface area contributed by atoms with Crippen molar-refractivity contribution in [3.05, 3.63) is 71.4 Å². The molecule has 0 saturated heterocycles. The number of aromatic nitrogens is 2. The Morgan fingerprint density at radius 3 is 2.02 bits per heavy atom. The number of methoxy groups -OCH3 is 2. The van der Waals surface area contributed by atoms with E-state index in [1.54, 1.807) is 26.5 Å². The lowest BCUT2D eigenvalue weighted by Gasteiger charge is -2.19. The van der Waals surface area contributed by atoms with Gasteiger partial charge < -0.3 is 53.3 Å². The average Bonchev–Trinajstić information content (AvgIpc) is 3.17. The van der Waals surface area contributed by atoms with Gasteiger partial charge in [-0.25, -0.2) is 4.79 Å². The molecule has 4 aromatic rings. The van der Waals surface area contributed by atoms with E-state index in [-0.39, 0.29) is 0 Å². The molecule has 3 aromatic carbocycles. The number of hydrogen-bond acceptors (Lipinski definition) is 13. The summed E-state index contributed by atoms with van der Waals surface area (Å²) >= 11 is 6.40. The van der Waals surface area contributed by atoms with Crippen molar-refractivity contribution >= 4 is 34.3 Å². The Morgan fingerprint density at radius 1 is 0.727 bits per heavy atom. The van der Waals surface area contributed by atoms with Crippen molar-refractivity contribution in [3.8, 4) is 28.4 Å². The fourth-order valence-electron chi connectivity index (χ4n) is 5.14. The lowest BCUT2D eigenvalue weighted by Crippen LogP contribution is -2.34. The molecule has 0 atom stereocenters. The second kappa shape index (κ2) is 23.5. The van der Waals surface area contributed by atoms with E-state index in [1.807, 2.05) is 69.3 Å². The largest absolute Gasteiger partial charge is 0.497 e. The molecule has 2 N–H and O–H groups in total. The second-order valence-corrected chi connectivity index (χ2v) is 13.4. The molecule has 4 rings (SSSR count). The van der Waals surface area contributed by atoms with Gasteiger partial charge in [0.25, 0.3) is 0 Å². The fourth-order valence-corrected chi connectivity index (χ4v) is 5.31. The molecule has 15 heteroatoms. The molecule has 1 heterocycles. The van der Waals surface area contributed by atoms with E-state index in [2.05, 4.69) is 20.8 Å². The van der Waals surface area contributed by atoms with E-state index >= 15 is 0 Å². The molecule has 0 aliphatic rings. The van der Waals surface area contributed by atoms with Crippen LogP contribution in [0, 0.1) is 0 Å². The number of halogens is 1. The van der Waals surface area contributed by atoms with Crippen LogP contribution in [0.1, 0.15) is 26.3 Å². The van der Waals surface area contributed by atoms with Gasteiger partial charge in [0.2, 0.25) is 0 Å². The van der Waals surface area contributed by atoms with E-state index in [0.717, 1.165) is 44.8 Å². The van der Waals surface area contributed by atoms with E-state index in [9.17, 15) is 4.79 Å². The third-order valence-corrected chi connectivity index (χ3v) is 7.98. The first-order valence-corrected chi connectivity index (χ1v) is 18.5. The lowest BCUT2D eigenvalue weighted by molar-refractivity contribution is -0.0126. The molecule has 14 nitrogen and oxygen atoms in total. The third-order valence-electron chi connectivity index (χ3n) is 7.74. The van der Waals surface area contributed by atoms with E-state index in [4.69, 9.17) is 54.2 Å². The highest BCUT2D eigenvalue weighted by molar-refractivity contribution is 6.31. The number of nitrogens with one attached hydrogen (secondary N) is 2. The van der Waals surface area contributed by atoms with Crippen LogP contribution in [0.4, 0.5) is 10.5 Å². The molecule has 0 fully saturated rings. The number of alkyl carbamates (subject to hydrolysis) is 1. The van der Waals surface area contributed by atoms with Crippen LogP contribution < -0.4 is 24.8 Å². The number of hydrogen-bond donors (Lipinski definition) is 2. The van der Waals surface area contributed by atoms with Crippen molar-refractivity contribution in [2.75, 3.05) is 98.8 Å². The molecule has 55 heavy (non-hydrogen) atoms. The first-order valence-electron chi connectivity index (χ1n) is 18.2. The summed E-state index contributed by atoms with van der Waals surface area (Å²) in [5, 5.41) is 16.2. The highest BCUT2D eigenvalue weighted by Crippen LogP contribution is 2.35. The maximum atomic E-state index is 11.6. The number of anilines is 1. The second-order valence-electron chi connectivity index (χ2n) is 13.0. The van der Waals surface area contributed by atoms with Gasteiger partial charge in [-0.05, 0) is 68.8 Å². The Bertz CT molecular complexity index is 1760. The van der Waals surface area contributed by atoms with Gasteiger partial charge >= 0.3 is 6.09 Å². The molecular formula is C40H53ClN4O10. The van der Waals surface area contributed by atoms with Gasteiger partial charge in [0, 0.05) is 40.7 Å². The molecule has 0 aliphatic heterocycles. The minimum Gasteiger partial charge on any atom is -0.497 e. The molecule has 0 bridgehead atoms. The first kappa shape index (κ1) is 43.3. The van der Waals surface area contributed by atoms with Gasteiger partial charge in [0.05, 0.1) is 97.7 Å². The predicted octanol–water partition coefficient (Wildman–Crippen LogP) is 6.57. The fraction of sp³-hybridized carbons (Fsp3) is 0.475. The van der Waals surface area contributed by atoms with E-state index < -0.39 is 11.7 Å². The Balaban J connectivity index is 1.08. The van der Waals surface area contributed by atoms with Gasteiger partial charge in [-0.1, -0.05) is 17.7 Å². The summed E-state index contributed by atoms with van der Waals surface area (Å²) in [6.45, 7) is 11.0. The van der Waals surface area contributed by atoms with Crippen LogP contribution >= 0.6 is 11.6 Å². The Labute approximate surface area is 328 Å². The maximum absolute atomic E-state index is 11.6. The quantitative estimate of drug-likeness (QED) is 0.0699. The smallest absolute Gasteiger partial charge is 0.407 e. The Kier molecular flexibility index (Phi) is 18.5. The lowest BCUT2D eigenvalue weighted by atomic mass is 10.0. The zero-order valence-corrected chi connectivity index (χ0v) is 33.1. The van der Waals surface area contributed by atoms with Crippen LogP contribution in [0.3, 0.4) is 0 Å². The Morgan fingerprint density at radius 2 is 1.38 bits per heavy atom. The number of carbonyl (C=O) groups is 1. The number of fused-ring (bicyclic) bond motifs is 1. The van der Waals surface area contributed by atoms with Gasteiger partial charge in [0.1, 0.15) is 29.5 Å². The molecule has 0 saturated carbocycles. The highest BCUT2D eigenvalue weighted by Gasteiger charge is 2.15. The van der Waals surface area contributed by atoms with E-state index in [1.165, 1.54) is 0 Å². The average molecular weight is 785 g/mol. The number of nitrogens with zero attached hydrogens (tertiary/aromatic N) is 2. The molecule has 1 aromatic heterocycles. The van der Waals surface area contributed by atoms with Gasteiger partial charge in [0.15, 0.2) is 0 Å². The van der Waals surface area contributed by atoms with Gasteiger partial charge in [-0.2, -0.15) is 10.2 Å². The zero-order valence-electron chi connectivity index (χ0n) is 32.3. The topological polar surface area (TPSA) is 150 Å². The van der Waals surface area contributed by atoms with Crippen LogP contribution in [-0.4, -0.2) is 115 Å². The van der Waals surface area contributed by atoms with Crippen molar-refractivity contribution in [3.63, 3.8) is 0 Å². The SMILES string of the molecule is COc1ccc(CNc2cnnc3cc(-c4cc(Cl)ccc4OCCOCCOCCOCCOCCOCCNC(=O)OC(C)(C)C)ccc23)c(OC)c1. The zero-order chi connectivity index (χ0) is 39.3. The van der Waals surface area contributed by atoms with Gasteiger partial charge in [-0.15, -0.1) is 0 Å². The highest BCUT2D eigenvalue weighted by atomic mass is 35.5. The number of rotatable bonds is 25. The van der Waals surface area contributed by atoms with Crippen LogP contribution in [0.5, 0.6) is 17.2 Å². The summed E-state index contributed by atoms with van der Waals surface area (Å²) in [4.78, 5) is 11.6.